The smallest absolute Gasteiger partial charge is 0.335 e. The monoisotopic (exact) mass is 550 g/mol. The molecule has 2 aromatic rings. The minimum Gasteiger partial charge on any atom is -0.479 e. The van der Waals surface area contributed by atoms with E-state index in [1.54, 1.807) is 6.20 Å². The van der Waals surface area contributed by atoms with Crippen LogP contribution in [0.2, 0.25) is 51.4 Å². The summed E-state index contributed by atoms with van der Waals surface area (Å²) in [5.74, 6) is 0.155. The lowest BCUT2D eigenvalue weighted by Crippen LogP contribution is -2.43. The van der Waals surface area contributed by atoms with Gasteiger partial charge in [0.05, 0.1) is 6.20 Å². The molecule has 0 radical (unpaired) electrons. The molecular weight excluding hydrogens is 504 g/mol. The summed E-state index contributed by atoms with van der Waals surface area (Å²) in [5.41, 5.74) is 0.622. The Balaban J connectivity index is 1.82. The van der Waals surface area contributed by atoms with E-state index in [2.05, 4.69) is 55.3 Å². The Bertz CT molecular complexity index is 1000. The van der Waals surface area contributed by atoms with Crippen LogP contribution in [0.4, 0.5) is 5.82 Å². The van der Waals surface area contributed by atoms with Gasteiger partial charge in [-0.3, -0.25) is 0 Å². The first-order valence-electron chi connectivity index (χ1n) is 13.4. The standard InChI is InChI=1S/C26H46N4O5Si2/c1-33-26(25(31)32)11-8-21(9-12-26)22-18-24(30-23(28-22)10-13-27-30)29(19-34-14-16-36(2,3)4)20-35-15-17-37(5,6)7/h10,13,18,21H,8-9,11-12,14-17,19-20H2,1-7H3,(H,31,32)/t21-,26+. The van der Waals surface area contributed by atoms with Gasteiger partial charge in [0.1, 0.15) is 19.3 Å². The minimum atomic E-state index is -1.20. The molecule has 1 aliphatic rings. The van der Waals surface area contributed by atoms with Gasteiger partial charge in [-0.1, -0.05) is 39.3 Å². The number of rotatable bonds is 14. The fourth-order valence-corrected chi connectivity index (χ4v) is 6.02. The van der Waals surface area contributed by atoms with Crippen LogP contribution in [0.5, 0.6) is 0 Å². The zero-order valence-electron chi connectivity index (χ0n) is 23.7. The molecule has 0 spiro atoms. The molecule has 3 rings (SSSR count). The number of hydrogen-bond acceptors (Lipinski definition) is 7. The van der Waals surface area contributed by atoms with Crippen LogP contribution in [-0.2, 0) is 19.0 Å². The Morgan fingerprint density at radius 3 is 2.14 bits per heavy atom. The number of aliphatic carboxylic acids is 1. The minimum absolute atomic E-state index is 0.156. The van der Waals surface area contributed by atoms with Crippen molar-refractivity contribution in [3.05, 3.63) is 24.0 Å². The maximum atomic E-state index is 11.8. The Morgan fingerprint density at radius 2 is 1.65 bits per heavy atom. The van der Waals surface area contributed by atoms with E-state index in [-0.39, 0.29) is 5.92 Å². The van der Waals surface area contributed by atoms with Gasteiger partial charge in [0.15, 0.2) is 11.2 Å². The predicted octanol–water partition coefficient (Wildman–Crippen LogP) is 5.29. The zero-order chi connectivity index (χ0) is 27.3. The van der Waals surface area contributed by atoms with Gasteiger partial charge in [-0.2, -0.15) is 9.61 Å². The third-order valence-electron chi connectivity index (χ3n) is 7.16. The van der Waals surface area contributed by atoms with Crippen LogP contribution in [0.3, 0.4) is 0 Å². The normalized spacial score (nSPS) is 20.9. The van der Waals surface area contributed by atoms with Crippen molar-refractivity contribution < 1.29 is 24.1 Å². The van der Waals surface area contributed by atoms with Crippen molar-refractivity contribution in [2.75, 3.05) is 38.7 Å². The summed E-state index contributed by atoms with van der Waals surface area (Å²) in [6, 6.07) is 6.18. The Morgan fingerprint density at radius 1 is 1.08 bits per heavy atom. The maximum absolute atomic E-state index is 11.8. The third-order valence-corrected chi connectivity index (χ3v) is 10.6. The predicted molar refractivity (Wildman–Crippen MR) is 152 cm³/mol. The highest BCUT2D eigenvalue weighted by Gasteiger charge is 2.43. The molecule has 0 atom stereocenters. The highest BCUT2D eigenvalue weighted by Crippen LogP contribution is 2.40. The van der Waals surface area contributed by atoms with E-state index in [0.717, 1.165) is 42.5 Å². The van der Waals surface area contributed by atoms with Gasteiger partial charge >= 0.3 is 5.97 Å². The largest absolute Gasteiger partial charge is 0.479 e. The molecule has 2 aromatic heterocycles. The molecule has 2 heterocycles. The summed E-state index contributed by atoms with van der Waals surface area (Å²) in [4.78, 5) is 18.8. The topological polar surface area (TPSA) is 98.4 Å². The maximum Gasteiger partial charge on any atom is 0.335 e. The lowest BCUT2D eigenvalue weighted by Gasteiger charge is -2.35. The van der Waals surface area contributed by atoms with Crippen molar-refractivity contribution in [1.82, 2.24) is 14.6 Å². The van der Waals surface area contributed by atoms with Crippen LogP contribution in [-0.4, -0.2) is 81.2 Å². The first-order valence-corrected chi connectivity index (χ1v) is 20.8. The van der Waals surface area contributed by atoms with Crippen LogP contribution in [0.25, 0.3) is 5.65 Å². The van der Waals surface area contributed by atoms with Crippen molar-refractivity contribution in [2.45, 2.75) is 88.6 Å². The van der Waals surface area contributed by atoms with Crippen molar-refractivity contribution in [3.8, 4) is 0 Å². The average molecular weight is 551 g/mol. The molecular formula is C26H46N4O5Si2. The summed E-state index contributed by atoms with van der Waals surface area (Å²) in [7, 11) is -0.905. The van der Waals surface area contributed by atoms with E-state index in [4.69, 9.17) is 19.2 Å². The molecule has 0 saturated heterocycles. The number of nitrogens with zero attached hydrogens (tertiary/aromatic N) is 4. The SMILES string of the molecule is CO[C@]1(C(=O)O)CC[C@H](c2cc(N(COCC[Si](C)(C)C)COCC[Si](C)(C)C)n3nccc3n2)CC1. The van der Waals surface area contributed by atoms with Crippen molar-refractivity contribution in [3.63, 3.8) is 0 Å². The van der Waals surface area contributed by atoms with E-state index < -0.39 is 27.7 Å². The number of carbonyl (C=O) groups is 1. The first kappa shape index (κ1) is 29.8. The van der Waals surface area contributed by atoms with E-state index in [1.165, 1.54) is 7.11 Å². The fourth-order valence-electron chi connectivity index (χ4n) is 4.51. The molecule has 0 aromatic carbocycles. The Hall–Kier alpha value is -1.80. The molecule has 0 bridgehead atoms. The van der Waals surface area contributed by atoms with E-state index in [9.17, 15) is 9.90 Å². The van der Waals surface area contributed by atoms with Gasteiger partial charge in [0, 0.05) is 60.2 Å². The van der Waals surface area contributed by atoms with Crippen LogP contribution in [0.1, 0.15) is 37.3 Å². The Kier molecular flexibility index (Phi) is 9.95. The summed E-state index contributed by atoms with van der Waals surface area (Å²) >= 11 is 0. The van der Waals surface area contributed by atoms with Crippen LogP contribution in [0, 0.1) is 0 Å². The van der Waals surface area contributed by atoms with Crippen LogP contribution in [0.15, 0.2) is 18.3 Å². The number of aromatic nitrogens is 3. The quantitative estimate of drug-likeness (QED) is 0.193. The average Bonchev–Trinajstić information content (AvgIpc) is 3.30. The second-order valence-electron chi connectivity index (χ2n) is 12.7. The highest BCUT2D eigenvalue weighted by molar-refractivity contribution is 6.76. The molecule has 1 saturated carbocycles. The van der Waals surface area contributed by atoms with Crippen molar-refractivity contribution in [2.24, 2.45) is 0 Å². The van der Waals surface area contributed by atoms with Gasteiger partial charge in [0.25, 0.3) is 0 Å². The van der Waals surface area contributed by atoms with E-state index in [0.29, 0.717) is 39.1 Å². The molecule has 208 valence electrons. The number of methoxy groups -OCH3 is 1. The zero-order valence-corrected chi connectivity index (χ0v) is 25.7. The van der Waals surface area contributed by atoms with E-state index >= 15 is 0 Å². The van der Waals surface area contributed by atoms with Gasteiger partial charge in [-0.15, -0.1) is 0 Å². The number of fused-ring (bicyclic) bond motifs is 1. The number of carboxylic acids is 1. The number of carboxylic acid groups (broad SMARTS) is 1. The number of hydrogen-bond donors (Lipinski definition) is 1. The molecule has 0 aliphatic heterocycles. The lowest BCUT2D eigenvalue weighted by atomic mass is 9.77. The Labute approximate surface area is 223 Å². The molecule has 1 N–H and O–H groups in total. The summed E-state index contributed by atoms with van der Waals surface area (Å²) in [6.07, 6.45) is 4.10. The van der Waals surface area contributed by atoms with Gasteiger partial charge in [0.2, 0.25) is 0 Å². The second kappa shape index (κ2) is 12.4. The summed E-state index contributed by atoms with van der Waals surface area (Å²) < 4.78 is 19.6. The molecule has 11 heteroatoms. The molecule has 0 amide bonds. The number of ether oxygens (including phenoxy) is 3. The first-order chi connectivity index (χ1) is 17.3. The fraction of sp³-hybridized carbons (Fsp3) is 0.731. The van der Waals surface area contributed by atoms with Crippen LogP contribution >= 0.6 is 0 Å². The molecule has 1 aliphatic carbocycles. The number of anilines is 1. The van der Waals surface area contributed by atoms with E-state index in [1.807, 2.05) is 10.6 Å². The summed E-state index contributed by atoms with van der Waals surface area (Å²) in [5, 5.41) is 14.2. The third kappa shape index (κ3) is 8.34. The van der Waals surface area contributed by atoms with Crippen molar-refractivity contribution >= 4 is 33.6 Å². The van der Waals surface area contributed by atoms with Gasteiger partial charge < -0.3 is 24.2 Å². The molecule has 0 unspecified atom stereocenters. The van der Waals surface area contributed by atoms with Crippen LogP contribution < -0.4 is 4.90 Å². The van der Waals surface area contributed by atoms with Gasteiger partial charge in [-0.25, -0.2) is 9.78 Å². The highest BCUT2D eigenvalue weighted by atomic mass is 28.3. The summed E-state index contributed by atoms with van der Waals surface area (Å²) in [6.45, 7) is 16.4. The lowest BCUT2D eigenvalue weighted by molar-refractivity contribution is -0.166. The molecule has 37 heavy (non-hydrogen) atoms. The molecule has 9 nitrogen and oxygen atoms in total. The second-order valence-corrected chi connectivity index (χ2v) is 23.9. The van der Waals surface area contributed by atoms with Crippen molar-refractivity contribution in [1.29, 1.82) is 0 Å². The molecule has 1 fully saturated rings. The van der Waals surface area contributed by atoms with Gasteiger partial charge in [-0.05, 0) is 37.8 Å².